The summed E-state index contributed by atoms with van der Waals surface area (Å²) in [7, 11) is 1.52. The lowest BCUT2D eigenvalue weighted by molar-refractivity contribution is 0.414. The van der Waals surface area contributed by atoms with E-state index >= 15 is 0 Å². The first-order chi connectivity index (χ1) is 9.51. The molecule has 1 unspecified atom stereocenters. The first kappa shape index (κ1) is 14.7. The number of benzene rings is 2. The van der Waals surface area contributed by atoms with E-state index < -0.39 is 22.8 Å². The van der Waals surface area contributed by atoms with Crippen LogP contribution < -0.4 is 4.74 Å². The normalized spacial score (nSPS) is 12.2. The first-order valence-corrected chi connectivity index (χ1v) is 6.36. The molecule has 0 aliphatic rings. The minimum atomic E-state index is -0.981. The number of rotatable bonds is 4. The van der Waals surface area contributed by atoms with Gasteiger partial charge < -0.3 is 4.74 Å². The third kappa shape index (κ3) is 3.25. The molecule has 0 radical (unpaired) electrons. The molecule has 0 heterocycles. The van der Waals surface area contributed by atoms with Crippen molar-refractivity contribution in [3.63, 3.8) is 0 Å². The summed E-state index contributed by atoms with van der Waals surface area (Å²) in [6.45, 7) is 0. The molecule has 0 spiro atoms. The maximum absolute atomic E-state index is 13.6. The van der Waals surface area contributed by atoms with Gasteiger partial charge in [-0.25, -0.2) is 13.2 Å². The van der Waals surface area contributed by atoms with Crippen molar-refractivity contribution in [2.24, 2.45) is 0 Å². The van der Waals surface area contributed by atoms with Crippen molar-refractivity contribution >= 4 is 11.6 Å². The topological polar surface area (TPSA) is 9.23 Å². The quantitative estimate of drug-likeness (QED) is 0.748. The maximum atomic E-state index is 13.6. The van der Waals surface area contributed by atoms with Crippen LogP contribution in [0.15, 0.2) is 36.4 Å². The summed E-state index contributed by atoms with van der Waals surface area (Å²) in [4.78, 5) is 0. The Balaban J connectivity index is 2.26. The molecule has 2 rings (SSSR count). The van der Waals surface area contributed by atoms with Gasteiger partial charge in [0.05, 0.1) is 12.5 Å². The molecule has 2 aromatic rings. The average Bonchev–Trinajstić information content (AvgIpc) is 2.37. The lowest BCUT2D eigenvalue weighted by atomic mass is 10.0. The second-order valence-corrected chi connectivity index (χ2v) is 4.83. The fourth-order valence-corrected chi connectivity index (χ4v) is 2.35. The standard InChI is InChI=1S/C15H12ClF3O/c1-20-11-4-2-3-9(5-11)6-12(16)15-13(18)7-10(17)8-14(15)19/h2-5,7-8,12H,6H2,1H3. The number of halogens is 4. The molecule has 0 saturated heterocycles. The highest BCUT2D eigenvalue weighted by Crippen LogP contribution is 2.30. The minimum Gasteiger partial charge on any atom is -0.497 e. The number of methoxy groups -OCH3 is 1. The van der Waals surface area contributed by atoms with E-state index in [-0.39, 0.29) is 12.0 Å². The van der Waals surface area contributed by atoms with E-state index in [1.54, 1.807) is 24.3 Å². The van der Waals surface area contributed by atoms with E-state index in [2.05, 4.69) is 0 Å². The first-order valence-electron chi connectivity index (χ1n) is 5.92. The Bertz CT molecular complexity index is 593. The van der Waals surface area contributed by atoms with Crippen LogP contribution in [0.4, 0.5) is 13.2 Å². The number of ether oxygens (including phenoxy) is 1. The van der Waals surface area contributed by atoms with Gasteiger partial charge in [0, 0.05) is 17.7 Å². The third-order valence-electron chi connectivity index (χ3n) is 2.91. The zero-order chi connectivity index (χ0) is 14.7. The van der Waals surface area contributed by atoms with Crippen LogP contribution in [0.25, 0.3) is 0 Å². The molecule has 1 atom stereocenters. The van der Waals surface area contributed by atoms with Gasteiger partial charge in [0.15, 0.2) is 0 Å². The maximum Gasteiger partial charge on any atom is 0.133 e. The Labute approximate surface area is 119 Å². The van der Waals surface area contributed by atoms with Gasteiger partial charge in [0.1, 0.15) is 23.2 Å². The highest BCUT2D eigenvalue weighted by Gasteiger charge is 2.20. The molecule has 0 saturated carbocycles. The molecule has 0 aliphatic carbocycles. The highest BCUT2D eigenvalue weighted by atomic mass is 35.5. The van der Waals surface area contributed by atoms with Crippen LogP contribution in [0, 0.1) is 17.5 Å². The van der Waals surface area contributed by atoms with Crippen molar-refractivity contribution in [2.45, 2.75) is 11.8 Å². The zero-order valence-electron chi connectivity index (χ0n) is 10.7. The number of hydrogen-bond donors (Lipinski definition) is 0. The van der Waals surface area contributed by atoms with Crippen LogP contribution >= 0.6 is 11.6 Å². The fraction of sp³-hybridized carbons (Fsp3) is 0.200. The van der Waals surface area contributed by atoms with Crippen molar-refractivity contribution in [3.05, 3.63) is 65.0 Å². The van der Waals surface area contributed by atoms with Crippen LogP contribution in [-0.2, 0) is 6.42 Å². The van der Waals surface area contributed by atoms with E-state index in [1.807, 2.05) is 0 Å². The Kier molecular flexibility index (Phi) is 4.55. The Morgan fingerprint density at radius 3 is 2.35 bits per heavy atom. The van der Waals surface area contributed by atoms with E-state index in [9.17, 15) is 13.2 Å². The monoisotopic (exact) mass is 300 g/mol. The van der Waals surface area contributed by atoms with E-state index in [4.69, 9.17) is 16.3 Å². The summed E-state index contributed by atoms with van der Waals surface area (Å²) < 4.78 is 45.2. The molecule has 5 heteroatoms. The molecular formula is C15H12ClF3O. The van der Waals surface area contributed by atoms with Gasteiger partial charge in [-0.15, -0.1) is 11.6 Å². The molecular weight excluding hydrogens is 289 g/mol. The van der Waals surface area contributed by atoms with Gasteiger partial charge in [-0.1, -0.05) is 12.1 Å². The Morgan fingerprint density at radius 2 is 1.75 bits per heavy atom. The summed E-state index contributed by atoms with van der Waals surface area (Å²) >= 11 is 6.06. The van der Waals surface area contributed by atoms with Gasteiger partial charge in [-0.05, 0) is 24.1 Å². The molecule has 20 heavy (non-hydrogen) atoms. The second kappa shape index (κ2) is 6.18. The SMILES string of the molecule is COc1cccc(CC(Cl)c2c(F)cc(F)cc2F)c1. The number of alkyl halides is 1. The van der Waals surface area contributed by atoms with Crippen molar-refractivity contribution in [1.29, 1.82) is 0 Å². The predicted octanol–water partition coefficient (Wildman–Crippen LogP) is 4.64. The summed E-state index contributed by atoms with van der Waals surface area (Å²) in [5.41, 5.74) is 0.448. The minimum absolute atomic E-state index is 0.207. The molecule has 106 valence electrons. The van der Waals surface area contributed by atoms with Crippen LogP contribution in [0.1, 0.15) is 16.5 Å². The molecule has 0 aliphatic heterocycles. The summed E-state index contributed by atoms with van der Waals surface area (Å²) in [5, 5.41) is -0.928. The van der Waals surface area contributed by atoms with Gasteiger partial charge in [0.25, 0.3) is 0 Å². The average molecular weight is 301 g/mol. The number of hydrogen-bond acceptors (Lipinski definition) is 1. The van der Waals surface area contributed by atoms with Crippen molar-refractivity contribution in [3.8, 4) is 5.75 Å². The highest BCUT2D eigenvalue weighted by molar-refractivity contribution is 6.21. The van der Waals surface area contributed by atoms with E-state index in [0.29, 0.717) is 17.9 Å². The predicted molar refractivity (Wildman–Crippen MR) is 71.6 cm³/mol. The fourth-order valence-electron chi connectivity index (χ4n) is 1.96. The van der Waals surface area contributed by atoms with Gasteiger partial charge in [0.2, 0.25) is 0 Å². The summed E-state index contributed by atoms with van der Waals surface area (Å²) in [6, 6.07) is 8.27. The second-order valence-electron chi connectivity index (χ2n) is 4.31. The molecule has 0 N–H and O–H groups in total. The summed E-state index contributed by atoms with van der Waals surface area (Å²) in [5.74, 6) is -2.30. The smallest absolute Gasteiger partial charge is 0.133 e. The molecule has 0 aromatic heterocycles. The van der Waals surface area contributed by atoms with Gasteiger partial charge in [-0.2, -0.15) is 0 Å². The van der Waals surface area contributed by atoms with Crippen molar-refractivity contribution in [1.82, 2.24) is 0 Å². The lowest BCUT2D eigenvalue weighted by Crippen LogP contribution is -2.03. The van der Waals surface area contributed by atoms with Gasteiger partial charge in [-0.3, -0.25) is 0 Å². The lowest BCUT2D eigenvalue weighted by Gasteiger charge is -2.13. The molecule has 0 fully saturated rings. The van der Waals surface area contributed by atoms with E-state index in [1.165, 1.54) is 7.11 Å². The van der Waals surface area contributed by atoms with E-state index in [0.717, 1.165) is 5.56 Å². The Morgan fingerprint density at radius 1 is 1.10 bits per heavy atom. The van der Waals surface area contributed by atoms with Crippen LogP contribution in [-0.4, -0.2) is 7.11 Å². The van der Waals surface area contributed by atoms with Crippen molar-refractivity contribution in [2.75, 3.05) is 7.11 Å². The summed E-state index contributed by atoms with van der Waals surface area (Å²) in [6.07, 6.45) is 0.207. The van der Waals surface area contributed by atoms with Crippen LogP contribution in [0.5, 0.6) is 5.75 Å². The Hall–Kier alpha value is -1.68. The third-order valence-corrected chi connectivity index (χ3v) is 3.28. The van der Waals surface area contributed by atoms with Gasteiger partial charge >= 0.3 is 0 Å². The zero-order valence-corrected chi connectivity index (χ0v) is 11.4. The molecule has 0 bridgehead atoms. The molecule has 0 amide bonds. The molecule has 2 aromatic carbocycles. The van der Waals surface area contributed by atoms with Crippen molar-refractivity contribution < 1.29 is 17.9 Å². The largest absolute Gasteiger partial charge is 0.497 e. The van der Waals surface area contributed by atoms with Crippen LogP contribution in [0.2, 0.25) is 0 Å². The molecule has 1 nitrogen and oxygen atoms in total. The van der Waals surface area contributed by atoms with Crippen LogP contribution in [0.3, 0.4) is 0 Å².